The molecule has 76 heavy (non-hydrogen) atoms. The van der Waals surface area contributed by atoms with Gasteiger partial charge in [-0.1, -0.05) is 36.4 Å². The van der Waals surface area contributed by atoms with Crippen molar-refractivity contribution in [3.8, 4) is 22.5 Å². The van der Waals surface area contributed by atoms with Crippen molar-refractivity contribution in [1.82, 2.24) is 39.1 Å². The third-order valence-electron chi connectivity index (χ3n) is 11.9. The Balaban J connectivity index is 0.000000274. The van der Waals surface area contributed by atoms with Crippen LogP contribution in [0.25, 0.3) is 22.5 Å². The fourth-order valence-electron chi connectivity index (χ4n) is 8.60. The molecule has 0 radical (unpaired) electrons. The Morgan fingerprint density at radius 3 is 1.32 bits per heavy atom. The van der Waals surface area contributed by atoms with E-state index in [0.29, 0.717) is 71.3 Å². The topological polar surface area (TPSA) is 315 Å². The van der Waals surface area contributed by atoms with Gasteiger partial charge in [0.1, 0.15) is 39.9 Å². The van der Waals surface area contributed by atoms with Gasteiger partial charge < -0.3 is 42.4 Å². The molecule has 0 bridgehead atoms. The number of nitrogens with zero attached hydrogens (tertiary/aromatic N) is 8. The Labute approximate surface area is 452 Å². The van der Waals surface area contributed by atoms with Crippen LogP contribution in [0.3, 0.4) is 0 Å². The number of nitrogens with two attached hydrogens (primary N) is 2. The van der Waals surface area contributed by atoms with Gasteiger partial charge in [-0.25, -0.2) is 43.7 Å². The van der Waals surface area contributed by atoms with Crippen LogP contribution in [-0.4, -0.2) is 110 Å². The number of carboxylic acids is 1. The number of Topliss-reactive ketones (excluding diaryl/α,β-unsaturated/α-hetero) is 1. The zero-order valence-corrected chi connectivity index (χ0v) is 43.9. The van der Waals surface area contributed by atoms with Crippen molar-refractivity contribution in [3.05, 3.63) is 131 Å². The standard InChI is InChI=1S/C27H32N6O4.C26H30N6O5.Li.H2O/c1-17(34)23-22(18-11-13-19(14-12-18)25(35)30-21-10-5-7-15-29-21)31-24(33(23)28)20-9-6-8-16-32(20)26(36)37-27(2,3)4;1-26(2,3)37-25(36)31-15-7-5-8-18(31)22-30-20(21(24(34)35)32(22)27)16-10-12-17(13-11-16)23(33)29-19-9-4-6-14-28-19;;/h5,7,10-15,20H,6,8-9,16,28H2,1-4H3,(H,29,30,35);4,6,9-14,18H,5,7-8,15,27H2,1-3H3,(H,34,35)(H,28,29,33);;1H2/q;;+1;/p-1/t20-;18-;;/m00../s1. The molecular formula is C53H63LiN12O10. The first-order chi connectivity index (χ1) is 35.1. The molecule has 8 rings (SSSR count). The minimum absolute atomic E-state index is 0. The number of piperidine rings is 2. The summed E-state index contributed by atoms with van der Waals surface area (Å²) in [5, 5.41) is 15.4. The first kappa shape index (κ1) is 58.8. The maximum Gasteiger partial charge on any atom is 1.00 e. The second-order valence-electron chi connectivity index (χ2n) is 19.8. The zero-order valence-electron chi connectivity index (χ0n) is 43.9. The molecule has 22 nitrogen and oxygen atoms in total. The first-order valence-corrected chi connectivity index (χ1v) is 24.2. The molecule has 8 N–H and O–H groups in total. The van der Waals surface area contributed by atoms with Crippen molar-refractivity contribution in [3.63, 3.8) is 0 Å². The Morgan fingerprint density at radius 1 is 0.592 bits per heavy atom. The number of hydrogen-bond acceptors (Lipinski definition) is 15. The number of nitrogen functional groups attached to an aromatic ring is 2. The van der Waals surface area contributed by atoms with Gasteiger partial charge in [0.05, 0.1) is 12.1 Å². The van der Waals surface area contributed by atoms with Crippen molar-refractivity contribution in [2.75, 3.05) is 35.4 Å². The molecule has 0 aliphatic carbocycles. The molecule has 2 atom stereocenters. The molecule has 6 aromatic rings. The summed E-state index contributed by atoms with van der Waals surface area (Å²) in [7, 11) is 0. The monoisotopic (exact) mass is 1030 g/mol. The summed E-state index contributed by atoms with van der Waals surface area (Å²) in [6.07, 6.45) is 6.81. The largest absolute Gasteiger partial charge is 1.00 e. The summed E-state index contributed by atoms with van der Waals surface area (Å²) in [4.78, 5) is 96.5. The Morgan fingerprint density at radius 2 is 0.974 bits per heavy atom. The van der Waals surface area contributed by atoms with Gasteiger partial charge in [-0.2, -0.15) is 0 Å². The summed E-state index contributed by atoms with van der Waals surface area (Å²) in [5.41, 5.74) is 1.13. The Kier molecular flexibility index (Phi) is 19.3. The predicted octanol–water partition coefficient (Wildman–Crippen LogP) is 5.47. The van der Waals surface area contributed by atoms with Crippen LogP contribution in [0.2, 0.25) is 0 Å². The van der Waals surface area contributed by atoms with Crippen LogP contribution in [0.4, 0.5) is 21.2 Å². The van der Waals surface area contributed by atoms with Crippen molar-refractivity contribution in [1.29, 1.82) is 0 Å². The molecule has 23 heteroatoms. The van der Waals surface area contributed by atoms with Crippen LogP contribution in [-0.2, 0) is 9.47 Å². The van der Waals surface area contributed by atoms with Crippen molar-refractivity contribution in [2.24, 2.45) is 0 Å². The van der Waals surface area contributed by atoms with Crippen molar-refractivity contribution >= 4 is 47.4 Å². The maximum absolute atomic E-state index is 13.0. The fourth-order valence-corrected chi connectivity index (χ4v) is 8.60. The Bertz CT molecular complexity index is 2810. The number of aromatic nitrogens is 6. The van der Waals surface area contributed by atoms with E-state index in [0.717, 1.165) is 30.4 Å². The number of ether oxygens (including phenoxy) is 2. The number of likely N-dealkylation sites (tertiary alicyclic amines) is 2. The van der Waals surface area contributed by atoms with Gasteiger partial charge in [0, 0.05) is 54.7 Å². The average molecular weight is 1040 g/mol. The molecule has 4 amide bonds. The van der Waals surface area contributed by atoms with Crippen LogP contribution in [0, 0.1) is 0 Å². The quantitative estimate of drug-likeness (QED) is 0.0645. The van der Waals surface area contributed by atoms with Crippen LogP contribution in [0.15, 0.2) is 97.3 Å². The van der Waals surface area contributed by atoms with E-state index in [1.54, 1.807) is 128 Å². The summed E-state index contributed by atoms with van der Waals surface area (Å²) in [6.45, 7) is 13.2. The van der Waals surface area contributed by atoms with E-state index in [4.69, 9.17) is 26.1 Å². The number of rotatable bonds is 10. The molecule has 2 saturated heterocycles. The molecule has 2 aliphatic heterocycles. The van der Waals surface area contributed by atoms with Crippen molar-refractivity contribution < 1.29 is 67.7 Å². The number of hydrogen-bond donors (Lipinski definition) is 5. The number of carboxylic acid groups (broad SMARTS) is 1. The van der Waals surface area contributed by atoms with E-state index in [2.05, 4.69) is 25.6 Å². The van der Waals surface area contributed by atoms with E-state index in [1.807, 2.05) is 20.8 Å². The normalized spacial score (nSPS) is 15.4. The number of nitrogens with one attached hydrogen (secondary N) is 2. The molecule has 0 spiro atoms. The van der Waals surface area contributed by atoms with Gasteiger partial charge in [0.25, 0.3) is 11.8 Å². The number of anilines is 2. The van der Waals surface area contributed by atoms with Gasteiger partial charge in [-0.05, 0) is 129 Å². The molecule has 2 fully saturated rings. The summed E-state index contributed by atoms with van der Waals surface area (Å²) < 4.78 is 13.5. The van der Waals surface area contributed by atoms with E-state index < -0.39 is 41.4 Å². The smallest absolute Gasteiger partial charge is 0.870 e. The van der Waals surface area contributed by atoms with Gasteiger partial charge in [0.15, 0.2) is 23.1 Å². The van der Waals surface area contributed by atoms with E-state index in [9.17, 15) is 33.9 Å². The third-order valence-corrected chi connectivity index (χ3v) is 11.9. The van der Waals surface area contributed by atoms with Gasteiger partial charge in [0.2, 0.25) is 0 Å². The van der Waals surface area contributed by atoms with Crippen LogP contribution in [0.1, 0.15) is 152 Å². The first-order valence-electron chi connectivity index (χ1n) is 24.2. The third kappa shape index (κ3) is 14.2. The molecule has 2 aliphatic rings. The summed E-state index contributed by atoms with van der Waals surface area (Å²) >= 11 is 0. The molecule has 0 saturated carbocycles. The summed E-state index contributed by atoms with van der Waals surface area (Å²) in [5.74, 6) is 12.0. The molecule has 2 aromatic carbocycles. The zero-order chi connectivity index (χ0) is 53.5. The number of aromatic carboxylic acids is 1. The number of carbonyl (C=O) groups excluding carboxylic acids is 5. The second-order valence-corrected chi connectivity index (χ2v) is 19.8. The minimum Gasteiger partial charge on any atom is -0.870 e. The number of ketones is 1. The SMILES string of the molecule is CC(=O)c1c(-c2ccc(C(=O)Nc3ccccn3)cc2)nc([C@@H]2CCCCN2C(=O)OC(C)(C)C)n1N.CC(C)(C)OC(=O)N1CCCC[C@H]1c1nc(-c2ccc(C(=O)Nc3ccccn3)cc2)c(C(=O)O)n1N.[Li+].[OH-]. The number of benzene rings is 2. The Hall–Kier alpha value is -8.06. The number of carbonyl (C=O) groups is 6. The number of amides is 4. The summed E-state index contributed by atoms with van der Waals surface area (Å²) in [6, 6.07) is 22.6. The van der Waals surface area contributed by atoms with Gasteiger partial charge >= 0.3 is 37.0 Å². The van der Waals surface area contributed by atoms with Crippen LogP contribution in [0.5, 0.6) is 0 Å². The number of pyridine rings is 2. The van der Waals surface area contributed by atoms with Crippen molar-refractivity contribution in [2.45, 2.75) is 110 Å². The predicted molar refractivity (Wildman–Crippen MR) is 278 cm³/mol. The molecule has 396 valence electrons. The maximum atomic E-state index is 13.0. The average Bonchev–Trinajstić information content (AvgIpc) is 3.90. The van der Waals surface area contributed by atoms with E-state index >= 15 is 0 Å². The van der Waals surface area contributed by atoms with E-state index in [1.165, 1.54) is 11.6 Å². The second kappa shape index (κ2) is 25.0. The van der Waals surface area contributed by atoms with Gasteiger partial charge in [-0.15, -0.1) is 0 Å². The fraction of sp³-hybridized carbons (Fsp3) is 0.358. The molecule has 0 unspecified atom stereocenters. The van der Waals surface area contributed by atoms with Crippen LogP contribution < -0.4 is 41.2 Å². The van der Waals surface area contributed by atoms with E-state index in [-0.39, 0.29) is 64.8 Å². The van der Waals surface area contributed by atoms with Crippen LogP contribution >= 0.6 is 0 Å². The van der Waals surface area contributed by atoms with Gasteiger partial charge in [-0.3, -0.25) is 24.2 Å². The molecular weight excluding hydrogens is 972 g/mol. The molecule has 6 heterocycles. The molecule has 4 aromatic heterocycles. The minimum atomic E-state index is -1.26. The number of imidazole rings is 2.